The van der Waals surface area contributed by atoms with Crippen molar-refractivity contribution in [3.8, 4) is 0 Å². The molecule has 96 valence electrons. The predicted octanol–water partition coefficient (Wildman–Crippen LogP) is 2.04. The zero-order valence-electron chi connectivity index (χ0n) is 10.8. The van der Waals surface area contributed by atoms with Crippen molar-refractivity contribution < 1.29 is 4.79 Å². The lowest BCUT2D eigenvalue weighted by atomic mass is 9.81. The fraction of sp³-hybridized carbons (Fsp3) is 0.917. The van der Waals surface area contributed by atoms with Crippen LogP contribution < -0.4 is 5.73 Å². The molecule has 1 rings (SSSR count). The number of amides is 1. The maximum Gasteiger partial charge on any atom is 0.225 e. The lowest BCUT2D eigenvalue weighted by Gasteiger charge is -2.36. The molecule has 1 saturated heterocycles. The van der Waals surface area contributed by atoms with E-state index in [-0.39, 0.29) is 35.7 Å². The van der Waals surface area contributed by atoms with Crippen molar-refractivity contribution in [2.45, 2.75) is 46.6 Å². The van der Waals surface area contributed by atoms with E-state index in [9.17, 15) is 4.79 Å². The van der Waals surface area contributed by atoms with E-state index in [1.807, 2.05) is 11.8 Å². The maximum atomic E-state index is 12.2. The fourth-order valence-electron chi connectivity index (χ4n) is 1.85. The SMILES string of the molecule is CC(C(=O)N1CCC[C@@H](N)C1)C(C)(C)C.Cl. The van der Waals surface area contributed by atoms with Crippen LogP contribution in [0.2, 0.25) is 0 Å². The van der Waals surface area contributed by atoms with Gasteiger partial charge < -0.3 is 10.6 Å². The second-order valence-electron chi connectivity index (χ2n) is 5.77. The van der Waals surface area contributed by atoms with Crippen LogP contribution in [0.3, 0.4) is 0 Å². The van der Waals surface area contributed by atoms with Gasteiger partial charge in [-0.3, -0.25) is 4.79 Å². The average Bonchev–Trinajstić information content (AvgIpc) is 2.14. The third kappa shape index (κ3) is 3.95. The quantitative estimate of drug-likeness (QED) is 0.772. The van der Waals surface area contributed by atoms with Gasteiger partial charge in [-0.1, -0.05) is 27.7 Å². The zero-order chi connectivity index (χ0) is 11.6. The molecule has 0 radical (unpaired) electrons. The van der Waals surface area contributed by atoms with Crippen LogP contribution in [-0.4, -0.2) is 29.9 Å². The summed E-state index contributed by atoms with van der Waals surface area (Å²) in [6, 6.07) is 0.176. The Morgan fingerprint density at radius 1 is 1.44 bits per heavy atom. The highest BCUT2D eigenvalue weighted by molar-refractivity contribution is 5.85. The second kappa shape index (κ2) is 5.87. The maximum absolute atomic E-state index is 12.2. The molecule has 0 saturated carbocycles. The smallest absolute Gasteiger partial charge is 0.225 e. The highest BCUT2D eigenvalue weighted by Crippen LogP contribution is 2.27. The van der Waals surface area contributed by atoms with E-state index in [0.717, 1.165) is 25.9 Å². The van der Waals surface area contributed by atoms with E-state index >= 15 is 0 Å². The van der Waals surface area contributed by atoms with Gasteiger partial charge >= 0.3 is 0 Å². The Hall–Kier alpha value is -0.280. The van der Waals surface area contributed by atoms with Crippen LogP contribution in [0.5, 0.6) is 0 Å². The minimum Gasteiger partial charge on any atom is -0.341 e. The molecule has 16 heavy (non-hydrogen) atoms. The minimum atomic E-state index is 0. The summed E-state index contributed by atoms with van der Waals surface area (Å²) < 4.78 is 0. The molecule has 3 nitrogen and oxygen atoms in total. The van der Waals surface area contributed by atoms with Gasteiger partial charge in [0.1, 0.15) is 0 Å². The van der Waals surface area contributed by atoms with Gasteiger partial charge in [0.2, 0.25) is 5.91 Å². The predicted molar refractivity (Wildman–Crippen MR) is 69.7 cm³/mol. The van der Waals surface area contributed by atoms with E-state index in [1.165, 1.54) is 0 Å². The standard InChI is InChI=1S/C12H24N2O.ClH/c1-9(12(2,3)4)11(15)14-7-5-6-10(13)8-14;/h9-10H,5-8,13H2,1-4H3;1H/t9?,10-;/m1./s1. The summed E-state index contributed by atoms with van der Waals surface area (Å²) in [5.41, 5.74) is 5.92. The Morgan fingerprint density at radius 3 is 2.44 bits per heavy atom. The van der Waals surface area contributed by atoms with Gasteiger partial charge in [-0.05, 0) is 18.3 Å². The van der Waals surface area contributed by atoms with Crippen LogP contribution >= 0.6 is 12.4 Å². The highest BCUT2D eigenvalue weighted by Gasteiger charge is 2.31. The van der Waals surface area contributed by atoms with E-state index < -0.39 is 0 Å². The number of likely N-dealkylation sites (tertiary alicyclic amines) is 1. The molecule has 4 heteroatoms. The van der Waals surface area contributed by atoms with Crippen LogP contribution in [-0.2, 0) is 4.79 Å². The Labute approximate surface area is 105 Å². The van der Waals surface area contributed by atoms with Crippen molar-refractivity contribution in [3.63, 3.8) is 0 Å². The molecule has 1 fully saturated rings. The van der Waals surface area contributed by atoms with Crippen molar-refractivity contribution in [3.05, 3.63) is 0 Å². The number of carbonyl (C=O) groups is 1. The molecule has 0 bridgehead atoms. The minimum absolute atomic E-state index is 0. The van der Waals surface area contributed by atoms with Gasteiger partial charge in [0, 0.05) is 25.0 Å². The van der Waals surface area contributed by atoms with Gasteiger partial charge in [-0.15, -0.1) is 12.4 Å². The van der Waals surface area contributed by atoms with Crippen LogP contribution in [0.4, 0.5) is 0 Å². The molecule has 0 aromatic carbocycles. The molecule has 0 aromatic heterocycles. The van der Waals surface area contributed by atoms with Crippen LogP contribution in [0.15, 0.2) is 0 Å². The molecule has 0 aliphatic carbocycles. The summed E-state index contributed by atoms with van der Waals surface area (Å²) in [5, 5.41) is 0. The molecule has 1 unspecified atom stereocenters. The number of hydrogen-bond acceptors (Lipinski definition) is 2. The van der Waals surface area contributed by atoms with Gasteiger partial charge in [0.15, 0.2) is 0 Å². The van der Waals surface area contributed by atoms with Crippen molar-refractivity contribution in [1.29, 1.82) is 0 Å². The first-order chi connectivity index (χ1) is 6.82. The van der Waals surface area contributed by atoms with Gasteiger partial charge in [0.25, 0.3) is 0 Å². The molecule has 0 aromatic rings. The van der Waals surface area contributed by atoms with Crippen molar-refractivity contribution in [2.75, 3.05) is 13.1 Å². The van der Waals surface area contributed by atoms with E-state index in [2.05, 4.69) is 20.8 Å². The zero-order valence-corrected chi connectivity index (χ0v) is 11.6. The molecule has 0 spiro atoms. The Balaban J connectivity index is 0.00000225. The van der Waals surface area contributed by atoms with E-state index in [1.54, 1.807) is 0 Å². The summed E-state index contributed by atoms with van der Waals surface area (Å²) in [6.45, 7) is 9.97. The monoisotopic (exact) mass is 248 g/mol. The Kier molecular flexibility index (Phi) is 5.77. The first-order valence-electron chi connectivity index (χ1n) is 5.86. The Bertz CT molecular complexity index is 238. The number of hydrogen-bond donors (Lipinski definition) is 1. The third-order valence-electron chi connectivity index (χ3n) is 3.44. The first kappa shape index (κ1) is 15.7. The van der Waals surface area contributed by atoms with Crippen LogP contribution in [0.25, 0.3) is 0 Å². The number of rotatable bonds is 1. The molecular weight excluding hydrogens is 224 g/mol. The number of piperidine rings is 1. The number of halogens is 1. The largest absolute Gasteiger partial charge is 0.341 e. The molecule has 2 atom stereocenters. The van der Waals surface area contributed by atoms with Gasteiger partial charge in [0.05, 0.1) is 0 Å². The molecule has 1 heterocycles. The van der Waals surface area contributed by atoms with Crippen molar-refractivity contribution >= 4 is 18.3 Å². The van der Waals surface area contributed by atoms with Gasteiger partial charge in [-0.25, -0.2) is 0 Å². The second-order valence-corrected chi connectivity index (χ2v) is 5.77. The normalized spacial score (nSPS) is 23.6. The summed E-state index contributed by atoms with van der Waals surface area (Å²) in [4.78, 5) is 14.1. The molecule has 1 aliphatic heterocycles. The van der Waals surface area contributed by atoms with Crippen molar-refractivity contribution in [2.24, 2.45) is 17.1 Å². The van der Waals surface area contributed by atoms with Gasteiger partial charge in [-0.2, -0.15) is 0 Å². The van der Waals surface area contributed by atoms with Crippen LogP contribution in [0.1, 0.15) is 40.5 Å². The number of nitrogens with zero attached hydrogens (tertiary/aromatic N) is 1. The first-order valence-corrected chi connectivity index (χ1v) is 5.86. The van der Waals surface area contributed by atoms with E-state index in [0.29, 0.717) is 0 Å². The molecule has 2 N–H and O–H groups in total. The molecule has 1 aliphatic rings. The lowest BCUT2D eigenvalue weighted by Crippen LogP contribution is -2.49. The van der Waals surface area contributed by atoms with Crippen molar-refractivity contribution in [1.82, 2.24) is 4.90 Å². The molecule has 1 amide bonds. The summed E-state index contributed by atoms with van der Waals surface area (Å²) in [5.74, 6) is 0.334. The summed E-state index contributed by atoms with van der Waals surface area (Å²) in [6.07, 6.45) is 2.09. The molecular formula is C12H25ClN2O. The topological polar surface area (TPSA) is 46.3 Å². The van der Waals surface area contributed by atoms with E-state index in [4.69, 9.17) is 5.73 Å². The van der Waals surface area contributed by atoms with Crippen LogP contribution in [0, 0.1) is 11.3 Å². The number of carbonyl (C=O) groups excluding carboxylic acids is 1. The fourth-order valence-corrected chi connectivity index (χ4v) is 1.85. The summed E-state index contributed by atoms with van der Waals surface area (Å²) in [7, 11) is 0. The Morgan fingerprint density at radius 2 is 2.00 bits per heavy atom. The highest BCUT2D eigenvalue weighted by atomic mass is 35.5. The number of nitrogens with two attached hydrogens (primary N) is 1. The average molecular weight is 249 g/mol. The lowest BCUT2D eigenvalue weighted by molar-refractivity contribution is -0.139. The third-order valence-corrected chi connectivity index (χ3v) is 3.44. The summed E-state index contributed by atoms with van der Waals surface area (Å²) >= 11 is 0.